The summed E-state index contributed by atoms with van der Waals surface area (Å²) >= 11 is 5.23. The molecule has 1 saturated carbocycles. The van der Waals surface area contributed by atoms with Crippen molar-refractivity contribution < 1.29 is 23.4 Å². The molecule has 4 rings (SSSR count). The minimum Gasteiger partial charge on any atom is -0.493 e. The fourth-order valence-corrected chi connectivity index (χ4v) is 4.81. The van der Waals surface area contributed by atoms with Gasteiger partial charge in [-0.1, -0.05) is 26.2 Å². The third-order valence-corrected chi connectivity index (χ3v) is 6.82. The van der Waals surface area contributed by atoms with E-state index in [4.69, 9.17) is 26.4 Å². The monoisotopic (exact) mass is 511 g/mol. The van der Waals surface area contributed by atoms with Crippen LogP contribution in [0.25, 0.3) is 10.9 Å². The van der Waals surface area contributed by atoms with Crippen molar-refractivity contribution in [3.63, 3.8) is 0 Å². The number of thiocarbonyl (C=S) groups is 1. The van der Waals surface area contributed by atoms with E-state index in [1.54, 1.807) is 44.7 Å². The number of carbonyl (C=O) groups excluding carboxylic acids is 1. The van der Waals surface area contributed by atoms with E-state index >= 15 is 0 Å². The van der Waals surface area contributed by atoms with Crippen molar-refractivity contribution in [3.8, 4) is 23.0 Å². The Bertz CT molecular complexity index is 1270. The van der Waals surface area contributed by atoms with E-state index in [1.165, 1.54) is 18.6 Å². The number of nitrogens with one attached hydrogen (secondary N) is 2. The molecule has 0 spiro atoms. The van der Waals surface area contributed by atoms with Crippen LogP contribution in [0.15, 0.2) is 42.6 Å². The van der Waals surface area contributed by atoms with Crippen molar-refractivity contribution in [2.75, 3.05) is 19.5 Å². The van der Waals surface area contributed by atoms with Crippen LogP contribution in [0.5, 0.6) is 23.0 Å². The molecule has 2 N–H and O–H groups in total. The molecule has 1 aromatic heterocycles. The van der Waals surface area contributed by atoms with E-state index in [2.05, 4.69) is 22.5 Å². The molecule has 1 aliphatic rings. The maximum Gasteiger partial charge on any atom is 0.226 e. The first-order chi connectivity index (χ1) is 17.4. The highest BCUT2D eigenvalue weighted by molar-refractivity contribution is 7.80. The maximum absolute atomic E-state index is 14.8. The molecule has 190 valence electrons. The van der Waals surface area contributed by atoms with Crippen molar-refractivity contribution >= 4 is 39.8 Å². The van der Waals surface area contributed by atoms with Crippen molar-refractivity contribution in [1.82, 2.24) is 10.3 Å². The number of nitrogens with zero attached hydrogens (tertiary/aromatic N) is 1. The molecule has 0 radical (unpaired) electrons. The van der Waals surface area contributed by atoms with Gasteiger partial charge in [0.2, 0.25) is 5.91 Å². The molecule has 9 heteroatoms. The Labute approximate surface area is 215 Å². The second kappa shape index (κ2) is 11.5. The number of aromatic nitrogens is 1. The third-order valence-electron chi connectivity index (χ3n) is 6.61. The van der Waals surface area contributed by atoms with Gasteiger partial charge in [-0.3, -0.25) is 9.78 Å². The molecular weight excluding hydrogens is 481 g/mol. The summed E-state index contributed by atoms with van der Waals surface area (Å²) in [6.07, 6.45) is 6.61. The van der Waals surface area contributed by atoms with Gasteiger partial charge in [-0.2, -0.15) is 0 Å². The fraction of sp³-hybridized carbons (Fsp3) is 0.370. The number of halogens is 1. The van der Waals surface area contributed by atoms with Crippen molar-refractivity contribution in [2.24, 2.45) is 11.8 Å². The van der Waals surface area contributed by atoms with Gasteiger partial charge in [-0.05, 0) is 54.7 Å². The number of carbonyl (C=O) groups is 1. The first-order valence-corrected chi connectivity index (χ1v) is 12.4. The van der Waals surface area contributed by atoms with Crippen LogP contribution < -0.4 is 24.8 Å². The van der Waals surface area contributed by atoms with Crippen LogP contribution in [0, 0.1) is 17.7 Å². The van der Waals surface area contributed by atoms with Crippen LogP contribution in [0.3, 0.4) is 0 Å². The standard InChI is InChI=1S/C27H30FN3O4S/c1-16-6-4-5-7-17(16)12-26(32)31-27(36)30-21-9-8-18(13-20(21)28)35-23-10-11-29-22-15-25(34-3)24(33-2)14-19(22)23/h8-11,13-17H,4-7,12H2,1-3H3,(H2,30,31,32,36). The summed E-state index contributed by atoms with van der Waals surface area (Å²) in [5.41, 5.74) is 0.789. The molecule has 1 fully saturated rings. The summed E-state index contributed by atoms with van der Waals surface area (Å²) < 4.78 is 31.5. The molecule has 1 amide bonds. The molecule has 2 unspecified atom stereocenters. The fourth-order valence-electron chi connectivity index (χ4n) is 4.59. The number of hydrogen-bond donors (Lipinski definition) is 2. The number of pyridine rings is 1. The van der Waals surface area contributed by atoms with E-state index < -0.39 is 5.82 Å². The maximum atomic E-state index is 14.8. The summed E-state index contributed by atoms with van der Waals surface area (Å²) in [5.74, 6) is 2.03. The lowest BCUT2D eigenvalue weighted by Crippen LogP contribution is -2.36. The zero-order chi connectivity index (χ0) is 25.7. The molecule has 3 aromatic rings. The Hall–Kier alpha value is -3.46. The van der Waals surface area contributed by atoms with Crippen LogP contribution in [0.2, 0.25) is 0 Å². The van der Waals surface area contributed by atoms with Gasteiger partial charge in [0.15, 0.2) is 16.6 Å². The van der Waals surface area contributed by atoms with Crippen molar-refractivity contribution in [3.05, 3.63) is 48.4 Å². The zero-order valence-electron chi connectivity index (χ0n) is 20.6. The van der Waals surface area contributed by atoms with Crippen molar-refractivity contribution in [1.29, 1.82) is 0 Å². The van der Waals surface area contributed by atoms with Gasteiger partial charge in [0.05, 0.1) is 25.4 Å². The van der Waals surface area contributed by atoms with Crippen LogP contribution >= 0.6 is 12.2 Å². The highest BCUT2D eigenvalue weighted by Crippen LogP contribution is 2.37. The number of methoxy groups -OCH3 is 2. The lowest BCUT2D eigenvalue weighted by atomic mass is 9.78. The summed E-state index contributed by atoms with van der Waals surface area (Å²) in [7, 11) is 3.10. The Morgan fingerprint density at radius 3 is 2.56 bits per heavy atom. The van der Waals surface area contributed by atoms with Crippen LogP contribution in [0.4, 0.5) is 10.1 Å². The van der Waals surface area contributed by atoms with Gasteiger partial charge < -0.3 is 24.8 Å². The summed E-state index contributed by atoms with van der Waals surface area (Å²) in [5, 5.41) is 6.19. The first kappa shape index (κ1) is 25.6. The third kappa shape index (κ3) is 6.02. The molecule has 2 aromatic carbocycles. The SMILES string of the molecule is COc1cc2nccc(Oc3ccc(NC(=S)NC(=O)CC4CCCCC4C)c(F)c3)c2cc1OC. The number of ether oxygens (including phenoxy) is 3. The Morgan fingerprint density at radius 2 is 1.83 bits per heavy atom. The number of amides is 1. The Balaban J connectivity index is 1.42. The number of rotatable bonds is 7. The van der Waals surface area contributed by atoms with Gasteiger partial charge >= 0.3 is 0 Å². The molecule has 7 nitrogen and oxygen atoms in total. The number of benzene rings is 2. The molecule has 2 atom stereocenters. The molecule has 36 heavy (non-hydrogen) atoms. The first-order valence-electron chi connectivity index (χ1n) is 12.0. The van der Waals surface area contributed by atoms with Gasteiger partial charge in [-0.15, -0.1) is 0 Å². The van der Waals surface area contributed by atoms with E-state index in [1.807, 2.05) is 0 Å². The van der Waals surface area contributed by atoms with Gasteiger partial charge in [-0.25, -0.2) is 4.39 Å². The van der Waals surface area contributed by atoms with Crippen LogP contribution in [-0.4, -0.2) is 30.2 Å². The smallest absolute Gasteiger partial charge is 0.226 e. The lowest BCUT2D eigenvalue weighted by Gasteiger charge is -2.28. The minimum absolute atomic E-state index is 0.0669. The second-order valence-corrected chi connectivity index (χ2v) is 9.41. The topological polar surface area (TPSA) is 81.7 Å². The summed E-state index contributed by atoms with van der Waals surface area (Å²) in [6, 6.07) is 9.59. The zero-order valence-corrected chi connectivity index (χ0v) is 21.4. The second-order valence-electron chi connectivity index (χ2n) is 9.01. The molecule has 0 saturated heterocycles. The Kier molecular flexibility index (Phi) is 8.20. The van der Waals surface area contributed by atoms with E-state index in [-0.39, 0.29) is 16.7 Å². The van der Waals surface area contributed by atoms with Crippen LogP contribution in [0.1, 0.15) is 39.0 Å². The van der Waals surface area contributed by atoms with Gasteiger partial charge in [0.1, 0.15) is 17.3 Å². The highest BCUT2D eigenvalue weighted by atomic mass is 32.1. The Morgan fingerprint density at radius 1 is 1.08 bits per heavy atom. The molecule has 0 aliphatic heterocycles. The van der Waals surface area contributed by atoms with Crippen molar-refractivity contribution in [2.45, 2.75) is 39.0 Å². The van der Waals surface area contributed by atoms with E-state index in [0.717, 1.165) is 19.3 Å². The quantitative estimate of drug-likeness (QED) is 0.365. The normalized spacial score (nSPS) is 17.3. The number of hydrogen-bond acceptors (Lipinski definition) is 6. The molecule has 1 aliphatic carbocycles. The van der Waals surface area contributed by atoms with E-state index in [9.17, 15) is 9.18 Å². The number of anilines is 1. The largest absolute Gasteiger partial charge is 0.493 e. The lowest BCUT2D eigenvalue weighted by molar-refractivity contribution is -0.121. The molecule has 0 bridgehead atoms. The molecule has 1 heterocycles. The molecular formula is C27H30FN3O4S. The summed E-state index contributed by atoms with van der Waals surface area (Å²) in [4.78, 5) is 16.8. The predicted octanol–water partition coefficient (Wildman–Crippen LogP) is 6.21. The highest BCUT2D eigenvalue weighted by Gasteiger charge is 2.24. The van der Waals surface area contributed by atoms with Gasteiger partial charge in [0, 0.05) is 30.1 Å². The van der Waals surface area contributed by atoms with Crippen LogP contribution in [-0.2, 0) is 4.79 Å². The minimum atomic E-state index is -0.567. The van der Waals surface area contributed by atoms with Gasteiger partial charge in [0.25, 0.3) is 0 Å². The average molecular weight is 512 g/mol. The summed E-state index contributed by atoms with van der Waals surface area (Å²) in [6.45, 7) is 2.19. The predicted molar refractivity (Wildman–Crippen MR) is 141 cm³/mol. The average Bonchev–Trinajstić information content (AvgIpc) is 2.86. The number of fused-ring (bicyclic) bond motifs is 1. The van der Waals surface area contributed by atoms with E-state index in [0.29, 0.717) is 52.2 Å².